The molecule has 0 radical (unpaired) electrons. The van der Waals surface area contributed by atoms with Gasteiger partial charge in [0.25, 0.3) is 0 Å². The zero-order valence-electron chi connectivity index (χ0n) is 17.7. The molecule has 0 aliphatic carbocycles. The van der Waals surface area contributed by atoms with Gasteiger partial charge in [0.15, 0.2) is 0 Å². The van der Waals surface area contributed by atoms with Gasteiger partial charge < -0.3 is 9.84 Å². The van der Waals surface area contributed by atoms with Crippen LogP contribution in [-0.2, 0) is 24.2 Å². The highest BCUT2D eigenvalue weighted by molar-refractivity contribution is 5.76. The van der Waals surface area contributed by atoms with Crippen molar-refractivity contribution < 1.29 is 19.0 Å². The summed E-state index contributed by atoms with van der Waals surface area (Å²) in [6.07, 6.45) is 0.670. The van der Waals surface area contributed by atoms with Gasteiger partial charge in [-0.3, -0.25) is 9.48 Å². The molecular formula is C26H23FN2O3. The Hall–Kier alpha value is -3.93. The highest BCUT2D eigenvalue weighted by Gasteiger charge is 2.16. The Bertz CT molecular complexity index is 1240. The van der Waals surface area contributed by atoms with Gasteiger partial charge in [0, 0.05) is 17.7 Å². The van der Waals surface area contributed by atoms with Crippen LogP contribution in [-0.4, -0.2) is 28.0 Å². The molecule has 0 aliphatic rings. The summed E-state index contributed by atoms with van der Waals surface area (Å²) >= 11 is 0. The summed E-state index contributed by atoms with van der Waals surface area (Å²) < 4.78 is 21.3. The number of carboxylic acids is 1. The first kappa shape index (κ1) is 21.3. The normalized spacial score (nSPS) is 10.8. The molecule has 1 aromatic heterocycles. The van der Waals surface area contributed by atoms with Gasteiger partial charge >= 0.3 is 5.97 Å². The number of ether oxygens (including phenoxy) is 1. The highest BCUT2D eigenvalue weighted by Crippen LogP contribution is 2.33. The molecule has 6 heteroatoms. The Kier molecular flexibility index (Phi) is 6.31. The number of hydrogen-bond acceptors (Lipinski definition) is 3. The summed E-state index contributed by atoms with van der Waals surface area (Å²) in [5.74, 6) is -0.631. The number of carbonyl (C=O) groups is 1. The fourth-order valence-electron chi connectivity index (χ4n) is 3.72. The van der Waals surface area contributed by atoms with Crippen LogP contribution in [0.25, 0.3) is 22.5 Å². The maximum absolute atomic E-state index is 14.0. The fraction of sp³-hybridized carbons (Fsp3) is 0.154. The van der Waals surface area contributed by atoms with Crippen molar-refractivity contribution in [1.82, 2.24) is 9.78 Å². The van der Waals surface area contributed by atoms with Crippen LogP contribution in [0.1, 0.15) is 11.1 Å². The van der Waals surface area contributed by atoms with Crippen molar-refractivity contribution in [1.29, 1.82) is 0 Å². The van der Waals surface area contributed by atoms with Crippen molar-refractivity contribution in [3.63, 3.8) is 0 Å². The van der Waals surface area contributed by atoms with E-state index in [-0.39, 0.29) is 12.2 Å². The molecular weight excluding hydrogens is 407 g/mol. The Morgan fingerprint density at radius 1 is 1.00 bits per heavy atom. The highest BCUT2D eigenvalue weighted by atomic mass is 19.1. The third-order valence-corrected chi connectivity index (χ3v) is 5.25. The maximum atomic E-state index is 14.0. The number of aryl methyl sites for hydroxylation is 2. The molecule has 0 saturated heterocycles. The molecule has 32 heavy (non-hydrogen) atoms. The molecule has 0 fully saturated rings. The molecule has 4 rings (SSSR count). The smallest absolute Gasteiger partial charge is 0.307 e. The molecule has 0 aliphatic heterocycles. The van der Waals surface area contributed by atoms with Crippen molar-refractivity contribution in [2.24, 2.45) is 0 Å². The van der Waals surface area contributed by atoms with Crippen molar-refractivity contribution in [2.75, 3.05) is 7.11 Å². The zero-order valence-corrected chi connectivity index (χ0v) is 17.7. The van der Waals surface area contributed by atoms with Crippen molar-refractivity contribution in [3.05, 3.63) is 95.8 Å². The van der Waals surface area contributed by atoms with E-state index in [0.29, 0.717) is 29.1 Å². The topological polar surface area (TPSA) is 64.3 Å². The number of nitrogens with zero attached hydrogens (tertiary/aromatic N) is 2. The number of carboxylic acid groups (broad SMARTS) is 1. The second-order valence-corrected chi connectivity index (χ2v) is 7.49. The average Bonchev–Trinajstić information content (AvgIpc) is 3.22. The van der Waals surface area contributed by atoms with Crippen LogP contribution in [0.3, 0.4) is 0 Å². The summed E-state index contributed by atoms with van der Waals surface area (Å²) in [5.41, 5.74) is 4.66. The molecule has 3 aromatic carbocycles. The molecule has 0 bridgehead atoms. The number of rotatable bonds is 8. The Morgan fingerprint density at radius 2 is 1.81 bits per heavy atom. The summed E-state index contributed by atoms with van der Waals surface area (Å²) in [5, 5.41) is 14.0. The number of halogens is 1. The van der Waals surface area contributed by atoms with E-state index in [2.05, 4.69) is 12.1 Å². The fourth-order valence-corrected chi connectivity index (χ4v) is 3.72. The van der Waals surface area contributed by atoms with Gasteiger partial charge in [0.1, 0.15) is 11.6 Å². The van der Waals surface area contributed by atoms with Gasteiger partial charge in [-0.1, -0.05) is 48.5 Å². The first-order valence-electron chi connectivity index (χ1n) is 10.3. The van der Waals surface area contributed by atoms with E-state index >= 15 is 0 Å². The number of aliphatic carboxylic acids is 1. The predicted octanol–water partition coefficient (Wildman–Crippen LogP) is 5.23. The zero-order chi connectivity index (χ0) is 22.5. The standard InChI is InChI=1S/C26H23FN2O3/c1-32-25-11-10-19(15-26(30)31)14-22(25)23-17-24(20-8-5-9-21(27)16-20)29(28-23)13-12-18-6-3-2-4-7-18/h2-11,14,16-17H,12-13,15H2,1H3,(H,30,31). The quantitative estimate of drug-likeness (QED) is 0.416. The Balaban J connectivity index is 1.77. The molecule has 0 unspecified atom stereocenters. The van der Waals surface area contributed by atoms with Gasteiger partial charge in [0.05, 0.1) is 24.9 Å². The van der Waals surface area contributed by atoms with E-state index in [9.17, 15) is 9.18 Å². The molecule has 0 spiro atoms. The van der Waals surface area contributed by atoms with Gasteiger partial charge in [0.2, 0.25) is 0 Å². The Labute approximate surface area is 185 Å². The van der Waals surface area contributed by atoms with Crippen LogP contribution in [0.15, 0.2) is 78.9 Å². The third kappa shape index (κ3) is 4.86. The lowest BCUT2D eigenvalue weighted by Crippen LogP contribution is -2.05. The minimum atomic E-state index is -0.907. The molecule has 4 aromatic rings. The SMILES string of the molecule is COc1ccc(CC(=O)O)cc1-c1cc(-c2cccc(F)c2)n(CCc2ccccc2)n1. The average molecular weight is 430 g/mol. The van der Waals surface area contributed by atoms with Crippen LogP contribution in [0.2, 0.25) is 0 Å². The lowest BCUT2D eigenvalue weighted by Gasteiger charge is -2.09. The van der Waals surface area contributed by atoms with Gasteiger partial charge in [-0.2, -0.15) is 5.10 Å². The lowest BCUT2D eigenvalue weighted by atomic mass is 10.0. The number of benzene rings is 3. The third-order valence-electron chi connectivity index (χ3n) is 5.25. The van der Waals surface area contributed by atoms with E-state index in [1.165, 1.54) is 17.7 Å². The van der Waals surface area contributed by atoms with Gasteiger partial charge in [-0.05, 0) is 47.9 Å². The second-order valence-electron chi connectivity index (χ2n) is 7.49. The van der Waals surface area contributed by atoms with E-state index < -0.39 is 5.97 Å². The predicted molar refractivity (Wildman–Crippen MR) is 121 cm³/mol. The van der Waals surface area contributed by atoms with Gasteiger partial charge in [-0.15, -0.1) is 0 Å². The molecule has 1 heterocycles. The first-order valence-corrected chi connectivity index (χ1v) is 10.3. The largest absolute Gasteiger partial charge is 0.496 e. The van der Waals surface area contributed by atoms with Crippen LogP contribution < -0.4 is 4.74 Å². The molecule has 0 saturated carbocycles. The van der Waals surface area contributed by atoms with E-state index in [1.54, 1.807) is 31.4 Å². The van der Waals surface area contributed by atoms with Crippen molar-refractivity contribution in [2.45, 2.75) is 19.4 Å². The van der Waals surface area contributed by atoms with E-state index in [4.69, 9.17) is 14.9 Å². The van der Waals surface area contributed by atoms with E-state index in [0.717, 1.165) is 17.7 Å². The Morgan fingerprint density at radius 3 is 2.53 bits per heavy atom. The molecule has 1 N–H and O–H groups in total. The summed E-state index contributed by atoms with van der Waals surface area (Å²) in [7, 11) is 1.57. The minimum absolute atomic E-state index is 0.0948. The molecule has 0 amide bonds. The first-order chi connectivity index (χ1) is 15.5. The monoisotopic (exact) mass is 430 g/mol. The molecule has 162 valence electrons. The van der Waals surface area contributed by atoms with E-state index in [1.807, 2.05) is 35.0 Å². The minimum Gasteiger partial charge on any atom is -0.496 e. The van der Waals surface area contributed by atoms with Crippen LogP contribution in [0.5, 0.6) is 5.75 Å². The summed E-state index contributed by atoms with van der Waals surface area (Å²) in [4.78, 5) is 11.2. The van der Waals surface area contributed by atoms with Crippen LogP contribution in [0, 0.1) is 5.82 Å². The van der Waals surface area contributed by atoms with Crippen LogP contribution >= 0.6 is 0 Å². The molecule has 0 atom stereocenters. The number of hydrogen-bond donors (Lipinski definition) is 1. The van der Waals surface area contributed by atoms with Crippen molar-refractivity contribution in [3.8, 4) is 28.3 Å². The van der Waals surface area contributed by atoms with Gasteiger partial charge in [-0.25, -0.2) is 4.39 Å². The van der Waals surface area contributed by atoms with Crippen molar-refractivity contribution >= 4 is 5.97 Å². The maximum Gasteiger partial charge on any atom is 0.307 e. The number of methoxy groups -OCH3 is 1. The lowest BCUT2D eigenvalue weighted by molar-refractivity contribution is -0.136. The summed E-state index contributed by atoms with van der Waals surface area (Å²) in [6.45, 7) is 0.604. The molecule has 5 nitrogen and oxygen atoms in total. The van der Waals surface area contributed by atoms with Crippen LogP contribution in [0.4, 0.5) is 4.39 Å². The second kappa shape index (κ2) is 9.47. The summed E-state index contributed by atoms with van der Waals surface area (Å²) in [6, 6.07) is 23.7. The number of aromatic nitrogens is 2.